The minimum absolute atomic E-state index is 0.0719. The van der Waals surface area contributed by atoms with Crippen LogP contribution in [0.15, 0.2) is 45.8 Å². The number of nitrogens with one attached hydrogen (secondary N) is 2. The van der Waals surface area contributed by atoms with Crippen molar-refractivity contribution in [2.24, 2.45) is 5.92 Å². The Hall–Kier alpha value is -2.97. The summed E-state index contributed by atoms with van der Waals surface area (Å²) >= 11 is 3.28. The fourth-order valence-electron chi connectivity index (χ4n) is 6.47. The fourth-order valence-corrected chi connectivity index (χ4v) is 7.81. The molecule has 4 aliphatic rings. The van der Waals surface area contributed by atoms with Crippen molar-refractivity contribution in [2.75, 3.05) is 13.7 Å². The maximum atomic E-state index is 14.1. The van der Waals surface area contributed by atoms with Gasteiger partial charge in [0.25, 0.3) is 10.1 Å². The van der Waals surface area contributed by atoms with Gasteiger partial charge in [-0.05, 0) is 75.6 Å². The fraction of sp³-hybridized carbons (Fsp3) is 0.613. The summed E-state index contributed by atoms with van der Waals surface area (Å²) in [5, 5.41) is 5.55. The van der Waals surface area contributed by atoms with Crippen LogP contribution in [0.5, 0.6) is 0 Å². The molecule has 0 radical (unpaired) electrons. The molecule has 1 unspecified atom stereocenters. The average molecular weight is 711 g/mol. The third-order valence-corrected chi connectivity index (χ3v) is 10.9. The van der Waals surface area contributed by atoms with E-state index in [9.17, 15) is 27.6 Å². The Balaban J connectivity index is 1.41. The summed E-state index contributed by atoms with van der Waals surface area (Å²) in [6.45, 7) is -0.211. The molecule has 2 heterocycles. The Kier molecular flexibility index (Phi) is 10.5. The van der Waals surface area contributed by atoms with Crippen molar-refractivity contribution in [3.05, 3.63) is 40.9 Å². The number of rotatable bonds is 6. The summed E-state index contributed by atoms with van der Waals surface area (Å²) in [5.41, 5.74) is -1.28. The van der Waals surface area contributed by atoms with Crippen LogP contribution in [0.25, 0.3) is 0 Å². The molecule has 5 rings (SSSR count). The van der Waals surface area contributed by atoms with E-state index in [4.69, 9.17) is 13.7 Å². The number of halogens is 1. The summed E-state index contributed by atoms with van der Waals surface area (Å²) in [6.07, 6.45) is 8.96. The Morgan fingerprint density at radius 2 is 1.73 bits per heavy atom. The minimum atomic E-state index is -4.24. The van der Waals surface area contributed by atoms with E-state index < -0.39 is 57.7 Å². The molecule has 246 valence electrons. The number of methoxy groups -OCH3 is 1. The molecule has 1 saturated heterocycles. The zero-order valence-electron chi connectivity index (χ0n) is 25.2. The van der Waals surface area contributed by atoms with E-state index in [2.05, 4.69) is 26.6 Å². The molecule has 1 aromatic carbocycles. The van der Waals surface area contributed by atoms with Crippen molar-refractivity contribution in [2.45, 2.75) is 105 Å². The first-order valence-corrected chi connectivity index (χ1v) is 17.8. The van der Waals surface area contributed by atoms with E-state index in [-0.39, 0.29) is 29.9 Å². The summed E-state index contributed by atoms with van der Waals surface area (Å²) in [4.78, 5) is 54.9. The molecule has 2 N–H and O–H groups in total. The van der Waals surface area contributed by atoms with Gasteiger partial charge in [-0.15, -0.1) is 0 Å². The number of hydrogen-bond donors (Lipinski definition) is 2. The Morgan fingerprint density at radius 1 is 1.02 bits per heavy atom. The van der Waals surface area contributed by atoms with Gasteiger partial charge in [0, 0.05) is 23.4 Å². The van der Waals surface area contributed by atoms with Crippen LogP contribution in [0.1, 0.15) is 70.6 Å². The van der Waals surface area contributed by atoms with E-state index in [1.165, 1.54) is 24.1 Å². The van der Waals surface area contributed by atoms with Crippen LogP contribution in [0, 0.1) is 5.92 Å². The highest BCUT2D eigenvalue weighted by atomic mass is 79.9. The maximum Gasteiger partial charge on any atom is 0.408 e. The molecule has 12 nitrogen and oxygen atoms in total. The number of carbonyl (C=O) groups excluding carboxylic acids is 4. The Bertz CT molecular complexity index is 1410. The van der Waals surface area contributed by atoms with Gasteiger partial charge in [-0.1, -0.05) is 40.9 Å². The molecule has 2 saturated carbocycles. The van der Waals surface area contributed by atoms with Gasteiger partial charge in [0.15, 0.2) is 0 Å². The normalized spacial score (nSPS) is 29.5. The number of ether oxygens (including phenoxy) is 2. The summed E-state index contributed by atoms with van der Waals surface area (Å²) in [7, 11) is -2.99. The van der Waals surface area contributed by atoms with Crippen LogP contribution < -0.4 is 10.6 Å². The number of hydrogen-bond acceptors (Lipinski definition) is 9. The van der Waals surface area contributed by atoms with Crippen LogP contribution in [0.4, 0.5) is 4.79 Å². The largest absolute Gasteiger partial charge is 0.467 e. The van der Waals surface area contributed by atoms with E-state index in [1.807, 2.05) is 12.2 Å². The lowest BCUT2D eigenvalue weighted by Crippen LogP contribution is -2.56. The monoisotopic (exact) mass is 709 g/mol. The van der Waals surface area contributed by atoms with Gasteiger partial charge < -0.3 is 25.0 Å². The number of esters is 1. The predicted octanol–water partition coefficient (Wildman–Crippen LogP) is 3.73. The van der Waals surface area contributed by atoms with Crippen molar-refractivity contribution in [3.8, 4) is 0 Å². The Morgan fingerprint density at radius 3 is 2.44 bits per heavy atom. The molecular formula is C31H40BrN3O9S. The first-order valence-electron chi connectivity index (χ1n) is 15.6. The van der Waals surface area contributed by atoms with Gasteiger partial charge in [-0.25, -0.2) is 9.59 Å². The highest BCUT2D eigenvalue weighted by molar-refractivity contribution is 9.10. The highest BCUT2D eigenvalue weighted by Crippen LogP contribution is 2.46. The van der Waals surface area contributed by atoms with Crippen LogP contribution in [-0.4, -0.2) is 80.7 Å². The molecule has 2 aliphatic heterocycles. The van der Waals surface area contributed by atoms with Crippen molar-refractivity contribution >= 4 is 49.9 Å². The molecule has 0 aromatic heterocycles. The lowest BCUT2D eigenvalue weighted by atomic mass is 10.0. The molecule has 3 amide bonds. The number of carbonyl (C=O) groups is 4. The molecule has 2 aliphatic carbocycles. The summed E-state index contributed by atoms with van der Waals surface area (Å²) in [6, 6.07) is 3.76. The smallest absolute Gasteiger partial charge is 0.408 e. The quantitative estimate of drug-likeness (QED) is 0.255. The number of nitrogens with zero attached hydrogens (tertiary/aromatic N) is 1. The molecule has 0 spiro atoms. The minimum Gasteiger partial charge on any atom is -0.467 e. The number of benzene rings is 1. The van der Waals surface area contributed by atoms with Gasteiger partial charge >= 0.3 is 12.1 Å². The van der Waals surface area contributed by atoms with Gasteiger partial charge in [0.05, 0.1) is 18.1 Å². The molecule has 1 aromatic rings. The van der Waals surface area contributed by atoms with Crippen molar-refractivity contribution in [3.63, 3.8) is 0 Å². The van der Waals surface area contributed by atoms with E-state index in [0.29, 0.717) is 23.7 Å². The van der Waals surface area contributed by atoms with Crippen molar-refractivity contribution < 1.29 is 41.3 Å². The number of allylic oxidation sites excluding steroid dienone is 1. The lowest BCUT2D eigenvalue weighted by molar-refractivity contribution is -0.148. The first-order chi connectivity index (χ1) is 21.5. The second-order valence-corrected chi connectivity index (χ2v) is 14.7. The number of amides is 3. The first kappa shape index (κ1) is 33.4. The van der Waals surface area contributed by atoms with E-state index in [0.717, 1.165) is 44.9 Å². The maximum absolute atomic E-state index is 14.1. The van der Waals surface area contributed by atoms with Crippen LogP contribution >= 0.6 is 15.9 Å². The third-order valence-electron chi connectivity index (χ3n) is 9.02. The second-order valence-electron chi connectivity index (χ2n) is 12.2. The molecule has 0 bridgehead atoms. The molecule has 5 atom stereocenters. The van der Waals surface area contributed by atoms with Crippen molar-refractivity contribution in [1.29, 1.82) is 0 Å². The number of fused-ring (bicyclic) bond motifs is 2. The Labute approximate surface area is 271 Å². The predicted molar refractivity (Wildman–Crippen MR) is 165 cm³/mol. The van der Waals surface area contributed by atoms with E-state index in [1.54, 1.807) is 12.1 Å². The summed E-state index contributed by atoms with van der Waals surface area (Å²) in [5.74, 6) is -2.03. The van der Waals surface area contributed by atoms with Crippen LogP contribution in [0.3, 0.4) is 0 Å². The molecule has 45 heavy (non-hydrogen) atoms. The standard InChI is InChI=1S/C31H40BrN3O9S/c1-42-29(38)31-18-20(31)9-5-3-2-4-6-12-25(33-30(39)43-22-10-7-8-11-22)28(37)35-19-23(17-26(35)27(36)34-31)44-45(40,41)24-15-13-21(32)14-16-24/h5,9,13-16,20,22-23,25-26H,2-4,6-8,10-12,17-19H2,1H3,(H,33,39)(H,34,36)/t20?,23-,25+,26+,31-/m1/s1. The molecular weight excluding hydrogens is 670 g/mol. The zero-order valence-corrected chi connectivity index (χ0v) is 27.6. The number of alkyl carbamates (subject to hydrolysis) is 1. The molecule has 3 fully saturated rings. The second kappa shape index (κ2) is 14.2. The van der Waals surface area contributed by atoms with Gasteiger partial charge in [-0.2, -0.15) is 8.42 Å². The average Bonchev–Trinajstić information content (AvgIpc) is 3.29. The van der Waals surface area contributed by atoms with Gasteiger partial charge in [-0.3, -0.25) is 13.8 Å². The summed E-state index contributed by atoms with van der Waals surface area (Å²) < 4.78 is 43.1. The highest BCUT2D eigenvalue weighted by Gasteiger charge is 2.62. The SMILES string of the molecule is COC(=O)[C@@]12CC1C=CCCCCC[C@H](NC(=O)OC1CCCC1)C(=O)N1C[C@H](OS(=O)(=O)c3ccc(Br)cc3)C[C@H]1C(=O)N2. The molecule has 14 heteroatoms. The van der Waals surface area contributed by atoms with Crippen molar-refractivity contribution in [1.82, 2.24) is 15.5 Å². The third kappa shape index (κ3) is 7.89. The van der Waals surface area contributed by atoms with Crippen LogP contribution in [-0.2, 0) is 38.2 Å². The van der Waals surface area contributed by atoms with Gasteiger partial charge in [0.2, 0.25) is 11.8 Å². The van der Waals surface area contributed by atoms with E-state index >= 15 is 0 Å². The van der Waals surface area contributed by atoms with Crippen LogP contribution in [0.2, 0.25) is 0 Å². The topological polar surface area (TPSA) is 157 Å². The zero-order chi connectivity index (χ0) is 32.2. The van der Waals surface area contributed by atoms with Gasteiger partial charge in [0.1, 0.15) is 23.7 Å². The lowest BCUT2D eigenvalue weighted by Gasteiger charge is -2.29.